The van der Waals surface area contributed by atoms with Crippen LogP contribution in [0.3, 0.4) is 0 Å². The molecule has 2 heterocycles. The van der Waals surface area contributed by atoms with Gasteiger partial charge in [-0.1, -0.05) is 0 Å². The number of carbonyl (C=O) groups excluding carboxylic acids is 1. The van der Waals surface area contributed by atoms with Crippen LogP contribution in [0.15, 0.2) is 21.7 Å². The van der Waals surface area contributed by atoms with Crippen molar-refractivity contribution in [1.82, 2.24) is 10.2 Å². The summed E-state index contributed by atoms with van der Waals surface area (Å²) >= 11 is 4.89. The molecule has 0 spiro atoms. The number of alkyl halides is 1. The van der Waals surface area contributed by atoms with Gasteiger partial charge in [-0.15, -0.1) is 11.3 Å². The largest absolute Gasteiger partial charge is 0.358 e. The lowest BCUT2D eigenvalue weighted by molar-refractivity contribution is -0.140. The maximum absolute atomic E-state index is 14.6. The third kappa shape index (κ3) is 2.10. The Morgan fingerprint density at radius 1 is 1.63 bits per heavy atom. The third-order valence-electron chi connectivity index (χ3n) is 3.53. The predicted octanol–water partition coefficient (Wildman–Crippen LogP) is 3.30. The lowest BCUT2D eigenvalue weighted by Gasteiger charge is -2.43. The van der Waals surface area contributed by atoms with Gasteiger partial charge in [0.25, 0.3) is 5.91 Å². The van der Waals surface area contributed by atoms with E-state index in [4.69, 9.17) is 0 Å². The second-order valence-electron chi connectivity index (χ2n) is 4.80. The minimum atomic E-state index is -1.61. The molecule has 1 aliphatic rings. The summed E-state index contributed by atoms with van der Waals surface area (Å²) in [6.45, 7) is 5.48. The molecular formula is C13H16BrFN2OS. The molecule has 104 valence electrons. The fraction of sp³-hybridized carbons (Fsp3) is 0.462. The molecule has 2 rings (SSSR count). The first-order chi connectivity index (χ1) is 8.82. The third-order valence-corrected chi connectivity index (χ3v) is 5.97. The molecule has 1 aliphatic heterocycles. The Morgan fingerprint density at radius 3 is 2.74 bits per heavy atom. The summed E-state index contributed by atoms with van der Waals surface area (Å²) in [7, 11) is 1.58. The fourth-order valence-electron chi connectivity index (χ4n) is 2.29. The molecule has 0 aromatic carbocycles. The van der Waals surface area contributed by atoms with E-state index < -0.39 is 17.6 Å². The Labute approximate surface area is 124 Å². The van der Waals surface area contributed by atoms with E-state index in [9.17, 15) is 9.18 Å². The SMILES string of the molecule is C/C=C1/N[C@](C)(c2scc(Br)c2C)C(F)C(=O)N1C. The smallest absolute Gasteiger partial charge is 0.265 e. The summed E-state index contributed by atoms with van der Waals surface area (Å²) in [5.74, 6) is 0.114. The van der Waals surface area contributed by atoms with Crippen LogP contribution < -0.4 is 5.32 Å². The highest BCUT2D eigenvalue weighted by molar-refractivity contribution is 9.10. The molecule has 0 bridgehead atoms. The molecular weight excluding hydrogens is 331 g/mol. The summed E-state index contributed by atoms with van der Waals surface area (Å²) in [5, 5.41) is 5.08. The van der Waals surface area contributed by atoms with Crippen molar-refractivity contribution in [2.24, 2.45) is 0 Å². The van der Waals surface area contributed by atoms with Gasteiger partial charge in [-0.25, -0.2) is 4.39 Å². The first-order valence-electron chi connectivity index (χ1n) is 5.93. The second kappa shape index (κ2) is 4.90. The van der Waals surface area contributed by atoms with Crippen molar-refractivity contribution in [1.29, 1.82) is 0 Å². The average molecular weight is 347 g/mol. The standard InChI is InChI=1S/C13H16BrFN2OS/c1-5-9-16-13(3,10(15)12(18)17(9)4)11-7(2)8(14)6-19-11/h5-6,10,16H,1-4H3/b9-5-/t10?,13-/m0/s1. The van der Waals surface area contributed by atoms with Gasteiger partial charge in [-0.2, -0.15) is 0 Å². The monoisotopic (exact) mass is 346 g/mol. The molecule has 19 heavy (non-hydrogen) atoms. The molecule has 1 aromatic rings. The summed E-state index contributed by atoms with van der Waals surface area (Å²) in [6, 6.07) is 0. The van der Waals surface area contributed by atoms with Crippen LogP contribution in [0.2, 0.25) is 0 Å². The number of nitrogens with one attached hydrogen (secondary N) is 1. The molecule has 1 fully saturated rings. The molecule has 6 heteroatoms. The van der Waals surface area contributed by atoms with Crippen molar-refractivity contribution in [3.63, 3.8) is 0 Å². The Morgan fingerprint density at radius 2 is 2.26 bits per heavy atom. The number of halogens is 2. The quantitative estimate of drug-likeness (QED) is 0.846. The fourth-order valence-corrected chi connectivity index (χ4v) is 3.99. The lowest BCUT2D eigenvalue weighted by Crippen LogP contribution is -2.60. The number of carbonyl (C=O) groups is 1. The van der Waals surface area contributed by atoms with Crippen LogP contribution in [0.1, 0.15) is 24.3 Å². The molecule has 0 radical (unpaired) electrons. The van der Waals surface area contributed by atoms with Crippen LogP contribution in [0.5, 0.6) is 0 Å². The zero-order valence-electron chi connectivity index (χ0n) is 11.3. The van der Waals surface area contributed by atoms with Crippen LogP contribution in [-0.2, 0) is 10.3 Å². The van der Waals surface area contributed by atoms with Crippen molar-refractivity contribution < 1.29 is 9.18 Å². The minimum Gasteiger partial charge on any atom is -0.358 e. The van der Waals surface area contributed by atoms with E-state index in [0.717, 1.165) is 14.9 Å². The van der Waals surface area contributed by atoms with Gasteiger partial charge in [0.2, 0.25) is 6.17 Å². The molecule has 0 saturated carbocycles. The predicted molar refractivity (Wildman–Crippen MR) is 78.7 cm³/mol. The lowest BCUT2D eigenvalue weighted by atomic mass is 9.88. The molecule has 1 amide bonds. The van der Waals surface area contributed by atoms with E-state index >= 15 is 0 Å². The molecule has 1 aromatic heterocycles. The van der Waals surface area contributed by atoms with E-state index in [1.165, 1.54) is 16.2 Å². The van der Waals surface area contributed by atoms with E-state index in [1.807, 2.05) is 19.2 Å². The van der Waals surface area contributed by atoms with E-state index in [1.54, 1.807) is 20.0 Å². The highest BCUT2D eigenvalue weighted by Gasteiger charge is 2.49. The van der Waals surface area contributed by atoms with Crippen LogP contribution >= 0.6 is 27.3 Å². The zero-order chi connectivity index (χ0) is 14.4. The number of thiophene rings is 1. The van der Waals surface area contributed by atoms with Gasteiger partial charge < -0.3 is 5.32 Å². The molecule has 2 atom stereocenters. The van der Waals surface area contributed by atoms with E-state index in [2.05, 4.69) is 21.2 Å². The Bertz CT molecular complexity index is 557. The normalized spacial score (nSPS) is 29.8. The number of allylic oxidation sites excluding steroid dienone is 1. The van der Waals surface area contributed by atoms with Crippen molar-refractivity contribution in [3.05, 3.63) is 32.2 Å². The van der Waals surface area contributed by atoms with Gasteiger partial charge in [0.15, 0.2) is 0 Å². The molecule has 1 saturated heterocycles. The zero-order valence-corrected chi connectivity index (χ0v) is 13.7. The summed E-state index contributed by atoms with van der Waals surface area (Å²) in [4.78, 5) is 14.2. The van der Waals surface area contributed by atoms with E-state index in [-0.39, 0.29) is 0 Å². The average Bonchev–Trinajstić information content (AvgIpc) is 2.72. The van der Waals surface area contributed by atoms with Crippen LogP contribution in [-0.4, -0.2) is 24.0 Å². The van der Waals surface area contributed by atoms with Gasteiger partial charge in [0.1, 0.15) is 11.4 Å². The first kappa shape index (κ1) is 14.5. The van der Waals surface area contributed by atoms with Crippen molar-refractivity contribution in [2.45, 2.75) is 32.5 Å². The molecule has 1 N–H and O–H groups in total. The van der Waals surface area contributed by atoms with Crippen molar-refractivity contribution in [2.75, 3.05) is 7.05 Å². The van der Waals surface area contributed by atoms with Gasteiger partial charge in [0, 0.05) is 21.8 Å². The molecule has 0 aliphatic carbocycles. The second-order valence-corrected chi connectivity index (χ2v) is 6.53. The highest BCUT2D eigenvalue weighted by atomic mass is 79.9. The number of nitrogens with zero attached hydrogens (tertiary/aromatic N) is 1. The number of rotatable bonds is 1. The van der Waals surface area contributed by atoms with E-state index in [0.29, 0.717) is 5.82 Å². The topological polar surface area (TPSA) is 32.3 Å². The Balaban J connectivity index is 2.53. The summed E-state index contributed by atoms with van der Waals surface area (Å²) in [5.41, 5.74) is -0.0536. The number of hydrogen-bond donors (Lipinski definition) is 1. The van der Waals surface area contributed by atoms with Gasteiger partial charge in [-0.3, -0.25) is 9.69 Å². The summed E-state index contributed by atoms with van der Waals surface area (Å²) < 4.78 is 15.5. The summed E-state index contributed by atoms with van der Waals surface area (Å²) in [6.07, 6.45) is 0.172. The van der Waals surface area contributed by atoms with Crippen LogP contribution in [0.4, 0.5) is 4.39 Å². The minimum absolute atomic E-state index is 0.515. The first-order valence-corrected chi connectivity index (χ1v) is 7.60. The molecule has 1 unspecified atom stereocenters. The highest BCUT2D eigenvalue weighted by Crippen LogP contribution is 2.40. The van der Waals surface area contributed by atoms with Gasteiger partial charge >= 0.3 is 0 Å². The Hall–Kier alpha value is -0.880. The number of amides is 1. The van der Waals surface area contributed by atoms with Crippen LogP contribution in [0.25, 0.3) is 0 Å². The molecule has 3 nitrogen and oxygen atoms in total. The Kier molecular flexibility index (Phi) is 3.75. The van der Waals surface area contributed by atoms with Crippen LogP contribution in [0, 0.1) is 6.92 Å². The van der Waals surface area contributed by atoms with Gasteiger partial charge in [0.05, 0.1) is 0 Å². The van der Waals surface area contributed by atoms with Crippen molar-refractivity contribution >= 4 is 33.2 Å². The maximum Gasteiger partial charge on any atom is 0.265 e. The van der Waals surface area contributed by atoms with Crippen molar-refractivity contribution in [3.8, 4) is 0 Å². The number of hydrogen-bond acceptors (Lipinski definition) is 3. The maximum atomic E-state index is 14.6. The van der Waals surface area contributed by atoms with Gasteiger partial charge in [-0.05, 0) is 48.3 Å².